The zero-order valence-electron chi connectivity index (χ0n) is 10.0. The van der Waals surface area contributed by atoms with Gasteiger partial charge in [0.05, 0.1) is 18.0 Å². The van der Waals surface area contributed by atoms with Crippen molar-refractivity contribution < 1.29 is 4.74 Å². The normalized spacial score (nSPS) is 21.0. The van der Waals surface area contributed by atoms with Gasteiger partial charge in [0.25, 0.3) is 0 Å². The number of hydrogen-bond donors (Lipinski definition) is 2. The highest BCUT2D eigenvalue weighted by molar-refractivity contribution is 6.00. The van der Waals surface area contributed by atoms with E-state index in [2.05, 4.69) is 16.8 Å². The van der Waals surface area contributed by atoms with E-state index >= 15 is 0 Å². The minimum Gasteiger partial charge on any atom is -0.384 e. The second kappa shape index (κ2) is 5.14. The molecule has 92 valence electrons. The molecule has 5 heteroatoms. The third-order valence-electron chi connectivity index (χ3n) is 2.88. The van der Waals surface area contributed by atoms with Crippen molar-refractivity contribution in [2.75, 3.05) is 24.6 Å². The molecule has 1 unspecified atom stereocenters. The molecule has 0 aromatic carbocycles. The molecule has 1 aromatic rings. The summed E-state index contributed by atoms with van der Waals surface area (Å²) in [4.78, 5) is 6.32. The van der Waals surface area contributed by atoms with Crippen LogP contribution in [0.5, 0.6) is 0 Å². The van der Waals surface area contributed by atoms with Crippen molar-refractivity contribution in [3.05, 3.63) is 24.0 Å². The van der Waals surface area contributed by atoms with Crippen molar-refractivity contribution in [2.45, 2.75) is 19.4 Å². The molecule has 1 aliphatic heterocycles. The van der Waals surface area contributed by atoms with Crippen LogP contribution in [-0.4, -0.2) is 36.6 Å². The van der Waals surface area contributed by atoms with Gasteiger partial charge in [0.2, 0.25) is 0 Å². The van der Waals surface area contributed by atoms with Gasteiger partial charge in [0.15, 0.2) is 0 Å². The van der Waals surface area contributed by atoms with E-state index in [1.807, 2.05) is 0 Å². The van der Waals surface area contributed by atoms with Crippen LogP contribution in [0.25, 0.3) is 0 Å². The largest absolute Gasteiger partial charge is 0.384 e. The Morgan fingerprint density at radius 3 is 3.24 bits per heavy atom. The third-order valence-corrected chi connectivity index (χ3v) is 2.88. The molecule has 1 atom stereocenters. The molecule has 0 radical (unpaired) electrons. The summed E-state index contributed by atoms with van der Waals surface area (Å²) in [6.45, 7) is 4.57. The molecule has 2 rings (SSSR count). The maximum Gasteiger partial charge on any atom is 0.125 e. The van der Waals surface area contributed by atoms with Crippen molar-refractivity contribution in [3.63, 3.8) is 0 Å². The van der Waals surface area contributed by atoms with Gasteiger partial charge in [-0.05, 0) is 19.4 Å². The average Bonchev–Trinajstić information content (AvgIpc) is 2.54. The fourth-order valence-electron chi connectivity index (χ4n) is 2.08. The van der Waals surface area contributed by atoms with Crippen LogP contribution in [0.3, 0.4) is 0 Å². The van der Waals surface area contributed by atoms with E-state index in [0.717, 1.165) is 37.4 Å². The van der Waals surface area contributed by atoms with E-state index in [9.17, 15) is 0 Å². The van der Waals surface area contributed by atoms with Crippen LogP contribution in [0.15, 0.2) is 18.5 Å². The topological polar surface area (TPSA) is 75.2 Å². The zero-order valence-corrected chi connectivity index (χ0v) is 10.0. The summed E-state index contributed by atoms with van der Waals surface area (Å²) in [5.74, 6) is 0.0835. The molecular formula is C12H18N4O. The predicted molar refractivity (Wildman–Crippen MR) is 67.5 cm³/mol. The number of pyridine rings is 1. The monoisotopic (exact) mass is 234 g/mol. The van der Waals surface area contributed by atoms with Gasteiger partial charge in [-0.3, -0.25) is 10.4 Å². The smallest absolute Gasteiger partial charge is 0.125 e. The first-order chi connectivity index (χ1) is 8.18. The zero-order chi connectivity index (χ0) is 12.3. The highest BCUT2D eigenvalue weighted by Crippen LogP contribution is 2.21. The average molecular weight is 234 g/mol. The van der Waals surface area contributed by atoms with Crippen molar-refractivity contribution in [1.82, 2.24) is 4.98 Å². The maximum atomic E-state index is 7.59. The molecule has 1 aliphatic rings. The second-order valence-corrected chi connectivity index (χ2v) is 4.29. The number of hydrogen-bond acceptors (Lipinski definition) is 4. The highest BCUT2D eigenvalue weighted by atomic mass is 16.5. The summed E-state index contributed by atoms with van der Waals surface area (Å²) in [6.07, 6.45) is 4.61. The molecule has 1 fully saturated rings. The Bertz CT molecular complexity index is 407. The minimum atomic E-state index is 0.0835. The van der Waals surface area contributed by atoms with Gasteiger partial charge < -0.3 is 15.4 Å². The lowest BCUT2D eigenvalue weighted by Crippen LogP contribution is -2.32. The Labute approximate surface area is 101 Å². The number of rotatable bonds is 2. The fraction of sp³-hybridized carbons (Fsp3) is 0.500. The number of aromatic nitrogens is 1. The van der Waals surface area contributed by atoms with Gasteiger partial charge in [-0.15, -0.1) is 0 Å². The van der Waals surface area contributed by atoms with Crippen LogP contribution < -0.4 is 10.6 Å². The van der Waals surface area contributed by atoms with Crippen molar-refractivity contribution in [1.29, 1.82) is 5.41 Å². The van der Waals surface area contributed by atoms with Crippen molar-refractivity contribution >= 4 is 11.5 Å². The fourth-order valence-corrected chi connectivity index (χ4v) is 2.08. The van der Waals surface area contributed by atoms with Gasteiger partial charge in [-0.1, -0.05) is 0 Å². The molecule has 0 bridgehead atoms. The van der Waals surface area contributed by atoms with E-state index < -0.39 is 0 Å². The van der Waals surface area contributed by atoms with Gasteiger partial charge in [-0.25, -0.2) is 0 Å². The second-order valence-electron chi connectivity index (χ2n) is 4.29. The highest BCUT2D eigenvalue weighted by Gasteiger charge is 2.18. The van der Waals surface area contributed by atoms with Gasteiger partial charge in [0, 0.05) is 31.5 Å². The van der Waals surface area contributed by atoms with E-state index in [-0.39, 0.29) is 11.9 Å². The Kier molecular flexibility index (Phi) is 3.58. The van der Waals surface area contributed by atoms with Gasteiger partial charge >= 0.3 is 0 Å². The third kappa shape index (κ3) is 2.74. The van der Waals surface area contributed by atoms with E-state index in [1.165, 1.54) is 0 Å². The van der Waals surface area contributed by atoms with Crippen LogP contribution in [0, 0.1) is 5.41 Å². The van der Waals surface area contributed by atoms with Crippen LogP contribution >= 0.6 is 0 Å². The van der Waals surface area contributed by atoms with Gasteiger partial charge in [0.1, 0.15) is 5.84 Å². The molecule has 0 aliphatic carbocycles. The first kappa shape index (κ1) is 11.9. The Balaban J connectivity index is 2.28. The Hall–Kier alpha value is -1.62. The summed E-state index contributed by atoms with van der Waals surface area (Å²) in [7, 11) is 0. The first-order valence-electron chi connectivity index (χ1n) is 5.83. The predicted octanol–water partition coefficient (Wildman–Crippen LogP) is 0.981. The number of amidine groups is 1. The number of nitrogens with zero attached hydrogens (tertiary/aromatic N) is 2. The molecule has 2 heterocycles. The van der Waals surface area contributed by atoms with Gasteiger partial charge in [-0.2, -0.15) is 0 Å². The number of nitrogens with two attached hydrogens (primary N) is 1. The van der Waals surface area contributed by atoms with E-state index in [1.54, 1.807) is 18.5 Å². The van der Waals surface area contributed by atoms with E-state index in [4.69, 9.17) is 15.9 Å². The molecule has 0 amide bonds. The molecule has 3 N–H and O–H groups in total. The lowest BCUT2D eigenvalue weighted by Gasteiger charge is -2.25. The Morgan fingerprint density at radius 2 is 2.47 bits per heavy atom. The molecule has 1 saturated heterocycles. The number of ether oxygens (including phenoxy) is 1. The summed E-state index contributed by atoms with van der Waals surface area (Å²) < 4.78 is 5.61. The van der Waals surface area contributed by atoms with E-state index in [0.29, 0.717) is 0 Å². The number of nitrogen functional groups attached to an aromatic ring is 1. The standard InChI is InChI=1S/C12H18N4O/c1-9-8-16(5-2-6-17-9)11-7-15-4-3-10(11)12(13)14/h3-4,7,9H,2,5-6,8H2,1H3,(H3,13,14). The lowest BCUT2D eigenvalue weighted by molar-refractivity contribution is 0.0821. The molecule has 0 spiro atoms. The quantitative estimate of drug-likeness (QED) is 0.591. The summed E-state index contributed by atoms with van der Waals surface area (Å²) in [5.41, 5.74) is 7.27. The van der Waals surface area contributed by atoms with Crippen molar-refractivity contribution in [3.8, 4) is 0 Å². The molecule has 0 saturated carbocycles. The van der Waals surface area contributed by atoms with Crippen LogP contribution in [0.1, 0.15) is 18.9 Å². The summed E-state index contributed by atoms with van der Waals surface area (Å²) in [5, 5.41) is 7.59. The molecule has 1 aromatic heterocycles. The summed E-state index contributed by atoms with van der Waals surface area (Å²) >= 11 is 0. The minimum absolute atomic E-state index is 0.0835. The van der Waals surface area contributed by atoms with Crippen LogP contribution in [0.2, 0.25) is 0 Å². The summed E-state index contributed by atoms with van der Waals surface area (Å²) in [6, 6.07) is 1.79. The Morgan fingerprint density at radius 1 is 1.65 bits per heavy atom. The molecule has 17 heavy (non-hydrogen) atoms. The maximum absolute atomic E-state index is 7.59. The number of nitrogens with one attached hydrogen (secondary N) is 1. The van der Waals surface area contributed by atoms with Crippen LogP contribution in [0.4, 0.5) is 5.69 Å². The SMILES string of the molecule is CC1CN(c2cnccc2C(=N)N)CCCO1. The van der Waals surface area contributed by atoms with Crippen molar-refractivity contribution in [2.24, 2.45) is 5.73 Å². The molecule has 5 nitrogen and oxygen atoms in total. The lowest BCUT2D eigenvalue weighted by atomic mass is 10.2. The first-order valence-corrected chi connectivity index (χ1v) is 5.83. The number of anilines is 1. The molecular weight excluding hydrogens is 216 g/mol. The van der Waals surface area contributed by atoms with Crippen LogP contribution in [-0.2, 0) is 4.74 Å².